The summed E-state index contributed by atoms with van der Waals surface area (Å²) in [5.41, 5.74) is 7.15. The average Bonchev–Trinajstić information content (AvgIpc) is 3.11. The summed E-state index contributed by atoms with van der Waals surface area (Å²) in [7, 11) is 0. The fraction of sp³-hybridized carbons (Fsp3) is 0.611. The zero-order valence-corrected chi connectivity index (χ0v) is 14.5. The molecule has 3 N–H and O–H groups in total. The van der Waals surface area contributed by atoms with E-state index in [1.54, 1.807) is 0 Å². The summed E-state index contributed by atoms with van der Waals surface area (Å²) in [5.74, 6) is 2.35. The molecule has 1 atom stereocenters. The molecule has 2 aliphatic rings. The summed E-state index contributed by atoms with van der Waals surface area (Å²) in [6.07, 6.45) is 4.92. The Hall–Kier alpha value is -1.04. The van der Waals surface area contributed by atoms with E-state index < -0.39 is 6.04 Å². The van der Waals surface area contributed by atoms with Gasteiger partial charge in [0, 0.05) is 36.7 Å². The van der Waals surface area contributed by atoms with Crippen molar-refractivity contribution in [3.63, 3.8) is 0 Å². The Bertz CT molecular complexity index is 510. The first kappa shape index (κ1) is 16.8. The molecule has 2 fully saturated rings. The standard InChI is InChI=1S/C18H27N3OS/c19-16(15-6-2-1-3-7-15)17(22)20-14-18(8-4-5-9-18)21-10-12-23-13-11-21/h1-3,6-7,16H,4-5,8-14,19H2,(H,20,22). The van der Waals surface area contributed by atoms with Gasteiger partial charge in [0.15, 0.2) is 0 Å². The molecule has 0 radical (unpaired) electrons. The predicted molar refractivity (Wildman–Crippen MR) is 96.5 cm³/mol. The van der Waals surface area contributed by atoms with Crippen molar-refractivity contribution in [3.8, 4) is 0 Å². The van der Waals surface area contributed by atoms with Gasteiger partial charge in [0.05, 0.1) is 0 Å². The highest BCUT2D eigenvalue weighted by atomic mass is 32.2. The van der Waals surface area contributed by atoms with Crippen LogP contribution < -0.4 is 11.1 Å². The normalized spacial score (nSPS) is 22.7. The van der Waals surface area contributed by atoms with Crippen LogP contribution in [-0.2, 0) is 4.79 Å². The van der Waals surface area contributed by atoms with Gasteiger partial charge in [0.1, 0.15) is 6.04 Å². The van der Waals surface area contributed by atoms with E-state index in [0.717, 1.165) is 25.2 Å². The molecule has 0 bridgehead atoms. The Morgan fingerprint density at radius 1 is 1.22 bits per heavy atom. The van der Waals surface area contributed by atoms with Crippen LogP contribution in [0.15, 0.2) is 30.3 Å². The molecule has 0 spiro atoms. The maximum atomic E-state index is 12.5. The molecule has 1 aliphatic carbocycles. The van der Waals surface area contributed by atoms with Crippen molar-refractivity contribution in [2.75, 3.05) is 31.1 Å². The van der Waals surface area contributed by atoms with Gasteiger partial charge in [-0.2, -0.15) is 11.8 Å². The van der Waals surface area contributed by atoms with Crippen molar-refractivity contribution in [3.05, 3.63) is 35.9 Å². The molecule has 1 heterocycles. The van der Waals surface area contributed by atoms with Crippen molar-refractivity contribution in [2.45, 2.75) is 37.3 Å². The van der Waals surface area contributed by atoms with E-state index in [2.05, 4.69) is 10.2 Å². The van der Waals surface area contributed by atoms with Gasteiger partial charge in [-0.05, 0) is 18.4 Å². The van der Waals surface area contributed by atoms with Gasteiger partial charge in [0.2, 0.25) is 5.91 Å². The average molecular weight is 334 g/mol. The molecular weight excluding hydrogens is 306 g/mol. The number of amides is 1. The Morgan fingerprint density at radius 3 is 2.52 bits per heavy atom. The first-order chi connectivity index (χ1) is 11.2. The van der Waals surface area contributed by atoms with Gasteiger partial charge < -0.3 is 11.1 Å². The minimum absolute atomic E-state index is 0.0612. The summed E-state index contributed by atoms with van der Waals surface area (Å²) in [4.78, 5) is 15.1. The van der Waals surface area contributed by atoms with Gasteiger partial charge in [-0.15, -0.1) is 0 Å². The van der Waals surface area contributed by atoms with E-state index in [-0.39, 0.29) is 11.4 Å². The van der Waals surface area contributed by atoms with Crippen LogP contribution in [0, 0.1) is 0 Å². The quantitative estimate of drug-likeness (QED) is 0.867. The predicted octanol–water partition coefficient (Wildman–Crippen LogP) is 2.16. The second-order valence-corrected chi connectivity index (χ2v) is 7.86. The number of hydrogen-bond acceptors (Lipinski definition) is 4. The lowest BCUT2D eigenvalue weighted by molar-refractivity contribution is -0.123. The van der Waals surface area contributed by atoms with Gasteiger partial charge in [-0.3, -0.25) is 9.69 Å². The Labute approximate surface area is 143 Å². The van der Waals surface area contributed by atoms with Gasteiger partial charge in [-0.25, -0.2) is 0 Å². The lowest BCUT2D eigenvalue weighted by Crippen LogP contribution is -2.57. The van der Waals surface area contributed by atoms with Crippen LogP contribution in [0.5, 0.6) is 0 Å². The zero-order valence-electron chi connectivity index (χ0n) is 13.7. The number of hydrogen-bond donors (Lipinski definition) is 2. The minimum atomic E-state index is -0.577. The van der Waals surface area contributed by atoms with Crippen LogP contribution in [0.2, 0.25) is 0 Å². The Kier molecular flexibility index (Phi) is 5.62. The minimum Gasteiger partial charge on any atom is -0.353 e. The fourth-order valence-electron chi connectivity index (χ4n) is 3.85. The molecule has 0 aromatic heterocycles. The summed E-state index contributed by atoms with van der Waals surface area (Å²) < 4.78 is 0. The molecule has 1 aromatic carbocycles. The number of nitrogens with two attached hydrogens (primary N) is 1. The van der Waals surface area contributed by atoms with Crippen LogP contribution in [0.1, 0.15) is 37.3 Å². The van der Waals surface area contributed by atoms with Crippen molar-refractivity contribution < 1.29 is 4.79 Å². The van der Waals surface area contributed by atoms with E-state index in [1.807, 2.05) is 42.1 Å². The zero-order chi connectivity index (χ0) is 16.1. The molecule has 1 unspecified atom stereocenters. The van der Waals surface area contributed by atoms with E-state index in [9.17, 15) is 4.79 Å². The van der Waals surface area contributed by atoms with Crippen molar-refractivity contribution in [1.29, 1.82) is 0 Å². The summed E-state index contributed by atoms with van der Waals surface area (Å²) >= 11 is 2.03. The molecule has 23 heavy (non-hydrogen) atoms. The number of nitrogens with one attached hydrogen (secondary N) is 1. The second-order valence-electron chi connectivity index (χ2n) is 6.64. The highest BCUT2D eigenvalue weighted by Crippen LogP contribution is 2.36. The van der Waals surface area contributed by atoms with E-state index in [0.29, 0.717) is 0 Å². The van der Waals surface area contributed by atoms with Gasteiger partial charge in [0.25, 0.3) is 0 Å². The van der Waals surface area contributed by atoms with Crippen LogP contribution in [0.4, 0.5) is 0 Å². The first-order valence-electron chi connectivity index (χ1n) is 8.62. The van der Waals surface area contributed by atoms with E-state index in [4.69, 9.17) is 5.73 Å². The highest BCUT2D eigenvalue weighted by molar-refractivity contribution is 7.99. The Morgan fingerprint density at radius 2 is 1.87 bits per heavy atom. The largest absolute Gasteiger partial charge is 0.353 e. The fourth-order valence-corrected chi connectivity index (χ4v) is 4.75. The molecule has 1 saturated heterocycles. The summed E-state index contributed by atoms with van der Waals surface area (Å²) in [6, 6.07) is 9.04. The number of rotatable bonds is 5. The number of carbonyl (C=O) groups excluding carboxylic acids is 1. The van der Waals surface area contributed by atoms with Crippen molar-refractivity contribution >= 4 is 17.7 Å². The number of benzene rings is 1. The maximum absolute atomic E-state index is 12.5. The number of carbonyl (C=O) groups is 1. The van der Waals surface area contributed by atoms with Crippen molar-refractivity contribution in [2.24, 2.45) is 5.73 Å². The molecule has 3 rings (SSSR count). The Balaban J connectivity index is 1.61. The second kappa shape index (κ2) is 7.69. The van der Waals surface area contributed by atoms with Crippen LogP contribution in [0.3, 0.4) is 0 Å². The van der Waals surface area contributed by atoms with Crippen LogP contribution in [0.25, 0.3) is 0 Å². The summed E-state index contributed by atoms with van der Waals surface area (Å²) in [5, 5.41) is 3.15. The van der Waals surface area contributed by atoms with Crippen LogP contribution >= 0.6 is 11.8 Å². The number of thioether (sulfide) groups is 1. The van der Waals surface area contributed by atoms with E-state index in [1.165, 1.54) is 37.2 Å². The highest BCUT2D eigenvalue weighted by Gasteiger charge is 2.40. The molecule has 1 aliphatic heterocycles. The lowest BCUT2D eigenvalue weighted by Gasteiger charge is -2.43. The monoisotopic (exact) mass is 333 g/mol. The topological polar surface area (TPSA) is 58.4 Å². The molecule has 1 aromatic rings. The maximum Gasteiger partial charge on any atom is 0.241 e. The van der Waals surface area contributed by atoms with Gasteiger partial charge >= 0.3 is 0 Å². The van der Waals surface area contributed by atoms with E-state index >= 15 is 0 Å². The molecular formula is C18H27N3OS. The molecule has 126 valence electrons. The first-order valence-corrected chi connectivity index (χ1v) is 9.78. The third kappa shape index (κ3) is 3.90. The molecule has 1 saturated carbocycles. The SMILES string of the molecule is NC(C(=O)NCC1(N2CCSCC2)CCCC1)c1ccccc1. The van der Waals surface area contributed by atoms with Crippen molar-refractivity contribution in [1.82, 2.24) is 10.2 Å². The van der Waals surface area contributed by atoms with Crippen LogP contribution in [-0.4, -0.2) is 47.5 Å². The molecule has 5 heteroatoms. The molecule has 1 amide bonds. The third-order valence-electron chi connectivity index (χ3n) is 5.25. The van der Waals surface area contributed by atoms with Gasteiger partial charge in [-0.1, -0.05) is 43.2 Å². The lowest BCUT2D eigenvalue weighted by atomic mass is 9.94. The molecule has 4 nitrogen and oxygen atoms in total. The third-order valence-corrected chi connectivity index (χ3v) is 6.19. The summed E-state index contributed by atoms with van der Waals surface area (Å²) in [6.45, 7) is 3.02. The number of nitrogens with zero attached hydrogens (tertiary/aromatic N) is 1. The smallest absolute Gasteiger partial charge is 0.241 e.